The molecule has 0 bridgehead atoms. The molecule has 156 valence electrons. The molecule has 2 aliphatic rings. The highest BCUT2D eigenvalue weighted by molar-refractivity contribution is 7.15. The predicted molar refractivity (Wildman–Crippen MR) is 115 cm³/mol. The Hall–Kier alpha value is -2.71. The maximum Gasteiger partial charge on any atom is 0.322 e. The number of aromatic nitrogens is 2. The van der Waals surface area contributed by atoms with Crippen LogP contribution in [0.3, 0.4) is 0 Å². The summed E-state index contributed by atoms with van der Waals surface area (Å²) in [5, 5.41) is 7.54. The van der Waals surface area contributed by atoms with Crippen LogP contribution in [0.15, 0.2) is 41.9 Å². The number of thiazole rings is 1. The van der Waals surface area contributed by atoms with Crippen LogP contribution >= 0.6 is 11.3 Å². The molecule has 0 radical (unpaired) electrons. The van der Waals surface area contributed by atoms with E-state index in [0.717, 1.165) is 48.7 Å². The van der Waals surface area contributed by atoms with Crippen LogP contribution in [0.2, 0.25) is 0 Å². The zero-order valence-corrected chi connectivity index (χ0v) is 17.7. The number of aryl methyl sites for hydroxylation is 1. The van der Waals surface area contributed by atoms with Crippen molar-refractivity contribution < 1.29 is 9.59 Å². The van der Waals surface area contributed by atoms with E-state index in [2.05, 4.69) is 43.4 Å². The van der Waals surface area contributed by atoms with Gasteiger partial charge in [-0.1, -0.05) is 30.3 Å². The van der Waals surface area contributed by atoms with Gasteiger partial charge in [-0.05, 0) is 44.3 Å². The Kier molecular flexibility index (Phi) is 4.83. The van der Waals surface area contributed by atoms with Gasteiger partial charge in [-0.15, -0.1) is 11.3 Å². The number of likely N-dealkylation sites (tertiary alicyclic amines) is 1. The van der Waals surface area contributed by atoms with Gasteiger partial charge in [0.15, 0.2) is 4.96 Å². The maximum atomic E-state index is 12.9. The number of imidazole rings is 1. The SMILES string of the molecule is Cc1nc2sccn2c1CN1CCC(C2(Cc3ccccc3)NC(=O)NC2=O)CC1. The first-order chi connectivity index (χ1) is 14.5. The number of hydrogen-bond donors (Lipinski definition) is 2. The molecule has 30 heavy (non-hydrogen) atoms. The molecule has 4 heterocycles. The van der Waals surface area contributed by atoms with Crippen molar-refractivity contribution in [3.63, 3.8) is 0 Å². The topological polar surface area (TPSA) is 78.7 Å². The number of rotatable bonds is 5. The van der Waals surface area contributed by atoms with Gasteiger partial charge in [-0.2, -0.15) is 0 Å². The molecule has 0 spiro atoms. The normalized spacial score (nSPS) is 23.1. The Morgan fingerprint density at radius 3 is 2.67 bits per heavy atom. The average Bonchev–Trinajstić information content (AvgIpc) is 3.39. The molecule has 1 atom stereocenters. The number of amides is 3. The minimum absolute atomic E-state index is 0.105. The van der Waals surface area contributed by atoms with E-state index in [1.165, 1.54) is 5.69 Å². The van der Waals surface area contributed by atoms with Crippen LogP contribution in [0.4, 0.5) is 4.79 Å². The van der Waals surface area contributed by atoms with Crippen LogP contribution in [0, 0.1) is 12.8 Å². The van der Waals surface area contributed by atoms with Gasteiger partial charge in [-0.3, -0.25) is 19.4 Å². The van der Waals surface area contributed by atoms with Crippen molar-refractivity contribution in [3.8, 4) is 0 Å². The summed E-state index contributed by atoms with van der Waals surface area (Å²) in [5.74, 6) is -0.0884. The highest BCUT2D eigenvalue weighted by Gasteiger charge is 2.52. The fourth-order valence-electron chi connectivity index (χ4n) is 4.91. The van der Waals surface area contributed by atoms with Crippen molar-refractivity contribution in [2.24, 2.45) is 5.92 Å². The third-order valence-electron chi connectivity index (χ3n) is 6.51. The predicted octanol–water partition coefficient (Wildman–Crippen LogP) is 2.74. The van der Waals surface area contributed by atoms with Crippen molar-refractivity contribution in [2.45, 2.75) is 38.3 Å². The number of imide groups is 1. The number of carbonyl (C=O) groups excluding carboxylic acids is 2. The molecule has 0 saturated carbocycles. The van der Waals surface area contributed by atoms with E-state index >= 15 is 0 Å². The van der Waals surface area contributed by atoms with E-state index in [4.69, 9.17) is 0 Å². The van der Waals surface area contributed by atoms with Crippen molar-refractivity contribution in [2.75, 3.05) is 13.1 Å². The summed E-state index contributed by atoms with van der Waals surface area (Å²) in [6.45, 7) is 4.69. The van der Waals surface area contributed by atoms with Crippen molar-refractivity contribution in [1.29, 1.82) is 0 Å². The lowest BCUT2D eigenvalue weighted by atomic mass is 9.74. The molecule has 2 aliphatic heterocycles. The second-order valence-electron chi connectivity index (χ2n) is 8.29. The highest BCUT2D eigenvalue weighted by atomic mass is 32.1. The maximum absolute atomic E-state index is 12.9. The summed E-state index contributed by atoms with van der Waals surface area (Å²) >= 11 is 1.65. The number of piperidine rings is 1. The van der Waals surface area contributed by atoms with Gasteiger partial charge in [0.1, 0.15) is 5.54 Å². The van der Waals surface area contributed by atoms with Gasteiger partial charge in [-0.25, -0.2) is 9.78 Å². The minimum Gasteiger partial charge on any atom is -0.323 e. The van der Waals surface area contributed by atoms with Gasteiger partial charge >= 0.3 is 6.03 Å². The molecule has 7 nitrogen and oxygen atoms in total. The largest absolute Gasteiger partial charge is 0.323 e. The number of nitrogens with zero attached hydrogens (tertiary/aromatic N) is 3. The molecule has 3 amide bonds. The lowest BCUT2D eigenvalue weighted by Crippen LogP contribution is -2.57. The monoisotopic (exact) mass is 423 g/mol. The summed E-state index contributed by atoms with van der Waals surface area (Å²) in [4.78, 5) is 33.0. The fraction of sp³-hybridized carbons (Fsp3) is 0.409. The Morgan fingerprint density at radius 1 is 1.20 bits per heavy atom. The smallest absolute Gasteiger partial charge is 0.322 e. The van der Waals surface area contributed by atoms with Crippen LogP contribution in [-0.2, 0) is 17.8 Å². The lowest BCUT2D eigenvalue weighted by Gasteiger charge is -2.40. The minimum atomic E-state index is -0.863. The first-order valence-electron chi connectivity index (χ1n) is 10.4. The van der Waals surface area contributed by atoms with Gasteiger partial charge < -0.3 is 5.32 Å². The molecular weight excluding hydrogens is 398 g/mol. The quantitative estimate of drug-likeness (QED) is 0.619. The Labute approximate surface area is 179 Å². The molecular formula is C22H25N5O2S. The first kappa shape index (κ1) is 19.3. The van der Waals surface area contributed by atoms with E-state index in [-0.39, 0.29) is 17.9 Å². The van der Waals surface area contributed by atoms with Gasteiger partial charge in [0, 0.05) is 24.5 Å². The summed E-state index contributed by atoms with van der Waals surface area (Å²) in [7, 11) is 0. The molecule has 1 unspecified atom stereocenters. The highest BCUT2D eigenvalue weighted by Crippen LogP contribution is 2.34. The molecule has 2 aromatic heterocycles. The number of nitrogens with one attached hydrogen (secondary N) is 2. The van der Waals surface area contributed by atoms with Crippen molar-refractivity contribution in [3.05, 3.63) is 58.9 Å². The Bertz CT molecular complexity index is 1080. The molecule has 2 saturated heterocycles. The van der Waals surface area contributed by atoms with Crippen LogP contribution in [0.25, 0.3) is 4.96 Å². The molecule has 1 aromatic carbocycles. The van der Waals surface area contributed by atoms with E-state index in [9.17, 15) is 9.59 Å². The summed E-state index contributed by atoms with van der Waals surface area (Å²) in [5.41, 5.74) is 2.51. The average molecular weight is 424 g/mol. The van der Waals surface area contributed by atoms with Crippen molar-refractivity contribution in [1.82, 2.24) is 24.9 Å². The zero-order valence-electron chi connectivity index (χ0n) is 16.9. The van der Waals surface area contributed by atoms with E-state index < -0.39 is 5.54 Å². The number of fused-ring (bicyclic) bond motifs is 1. The molecule has 2 fully saturated rings. The third-order valence-corrected chi connectivity index (χ3v) is 7.27. The van der Waals surface area contributed by atoms with E-state index in [1.54, 1.807) is 11.3 Å². The Balaban J connectivity index is 1.32. The molecule has 0 aliphatic carbocycles. The second-order valence-corrected chi connectivity index (χ2v) is 9.16. The second kappa shape index (κ2) is 7.52. The summed E-state index contributed by atoms with van der Waals surface area (Å²) in [6.07, 6.45) is 4.33. The van der Waals surface area contributed by atoms with Crippen LogP contribution < -0.4 is 10.6 Å². The number of carbonyl (C=O) groups is 2. The van der Waals surface area contributed by atoms with Gasteiger partial charge in [0.05, 0.1) is 11.4 Å². The lowest BCUT2D eigenvalue weighted by molar-refractivity contribution is -0.126. The first-order valence-corrected chi connectivity index (χ1v) is 11.2. The Morgan fingerprint density at radius 2 is 1.97 bits per heavy atom. The molecule has 2 N–H and O–H groups in total. The molecule has 5 rings (SSSR count). The molecule has 3 aromatic rings. The van der Waals surface area contributed by atoms with Gasteiger partial charge in [0.2, 0.25) is 0 Å². The summed E-state index contributed by atoms with van der Waals surface area (Å²) in [6, 6.07) is 9.56. The van der Waals surface area contributed by atoms with E-state index in [1.807, 2.05) is 30.3 Å². The van der Waals surface area contributed by atoms with Crippen LogP contribution in [-0.4, -0.2) is 44.9 Å². The summed E-state index contributed by atoms with van der Waals surface area (Å²) < 4.78 is 2.17. The fourth-order valence-corrected chi connectivity index (χ4v) is 5.68. The zero-order chi connectivity index (χ0) is 20.7. The van der Waals surface area contributed by atoms with Crippen LogP contribution in [0.1, 0.15) is 29.8 Å². The number of urea groups is 1. The van der Waals surface area contributed by atoms with Crippen molar-refractivity contribution >= 4 is 28.2 Å². The third kappa shape index (κ3) is 3.30. The number of hydrogen-bond acceptors (Lipinski definition) is 5. The van der Waals surface area contributed by atoms with Crippen LogP contribution in [0.5, 0.6) is 0 Å². The number of benzene rings is 1. The van der Waals surface area contributed by atoms with E-state index in [0.29, 0.717) is 6.42 Å². The molecule has 8 heteroatoms. The van der Waals surface area contributed by atoms with Gasteiger partial charge in [0.25, 0.3) is 5.91 Å². The standard InChI is InChI=1S/C22H25N5O2S/c1-15-18(27-11-12-30-21(27)23-15)14-26-9-7-17(8-10-26)22(19(28)24-20(29)25-22)13-16-5-3-2-4-6-16/h2-6,11-12,17H,7-10,13-14H2,1H3,(H2,24,25,28,29).